The molecular formula is C16H15BrClI. The summed E-state index contributed by atoms with van der Waals surface area (Å²) in [7, 11) is 0. The molecule has 1 unspecified atom stereocenters. The molecule has 0 spiro atoms. The van der Waals surface area contributed by atoms with Crippen molar-refractivity contribution in [1.82, 2.24) is 0 Å². The molecule has 0 fully saturated rings. The van der Waals surface area contributed by atoms with Gasteiger partial charge >= 0.3 is 0 Å². The van der Waals surface area contributed by atoms with Crippen molar-refractivity contribution in [2.45, 2.75) is 25.1 Å². The summed E-state index contributed by atoms with van der Waals surface area (Å²) in [5.74, 6) is 0.548. The van der Waals surface area contributed by atoms with Gasteiger partial charge in [0.05, 0.1) is 5.38 Å². The molecular weight excluding hydrogens is 434 g/mol. The minimum absolute atomic E-state index is 0.120. The van der Waals surface area contributed by atoms with E-state index in [0.29, 0.717) is 5.92 Å². The van der Waals surface area contributed by atoms with Gasteiger partial charge in [-0.2, -0.15) is 0 Å². The van der Waals surface area contributed by atoms with Crippen molar-refractivity contribution in [3.8, 4) is 0 Å². The van der Waals surface area contributed by atoms with Crippen molar-refractivity contribution >= 4 is 50.1 Å². The number of hydrogen-bond acceptors (Lipinski definition) is 0. The Bertz CT molecular complexity index is 563. The predicted molar refractivity (Wildman–Crippen MR) is 95.1 cm³/mol. The van der Waals surface area contributed by atoms with Crippen LogP contribution in [0, 0.1) is 3.57 Å². The summed E-state index contributed by atoms with van der Waals surface area (Å²) in [6.07, 6.45) is 0. The van der Waals surface area contributed by atoms with Crippen LogP contribution in [0.1, 0.15) is 41.8 Å². The third-order valence-corrected chi connectivity index (χ3v) is 5.01. The van der Waals surface area contributed by atoms with Crippen LogP contribution in [0.3, 0.4) is 0 Å². The highest BCUT2D eigenvalue weighted by Crippen LogP contribution is 2.35. The molecule has 0 nitrogen and oxygen atoms in total. The van der Waals surface area contributed by atoms with E-state index in [4.69, 9.17) is 11.6 Å². The molecule has 19 heavy (non-hydrogen) atoms. The molecule has 3 heteroatoms. The van der Waals surface area contributed by atoms with Crippen molar-refractivity contribution in [3.63, 3.8) is 0 Å². The largest absolute Gasteiger partial charge is 0.113 e. The Morgan fingerprint density at radius 3 is 2.16 bits per heavy atom. The first-order valence-corrected chi connectivity index (χ1v) is 8.48. The summed E-state index contributed by atoms with van der Waals surface area (Å²) < 4.78 is 2.25. The molecule has 0 radical (unpaired) electrons. The Kier molecular flexibility index (Phi) is 5.32. The minimum Gasteiger partial charge on any atom is -0.113 e. The number of rotatable bonds is 3. The monoisotopic (exact) mass is 448 g/mol. The second kappa shape index (κ2) is 6.59. The van der Waals surface area contributed by atoms with E-state index in [1.165, 1.54) is 9.13 Å². The Morgan fingerprint density at radius 2 is 1.58 bits per heavy atom. The fourth-order valence-corrected chi connectivity index (χ4v) is 3.39. The number of benzene rings is 2. The molecule has 0 aliphatic carbocycles. The van der Waals surface area contributed by atoms with Crippen molar-refractivity contribution < 1.29 is 0 Å². The molecule has 0 heterocycles. The molecule has 2 rings (SSSR count). The minimum atomic E-state index is -0.120. The van der Waals surface area contributed by atoms with Crippen molar-refractivity contribution in [2.24, 2.45) is 0 Å². The summed E-state index contributed by atoms with van der Waals surface area (Å²) in [5.41, 5.74) is 3.59. The smallest absolute Gasteiger partial charge is 0.0846 e. The van der Waals surface area contributed by atoms with Gasteiger partial charge in [0, 0.05) is 8.04 Å². The molecule has 2 aromatic rings. The second-order valence-electron chi connectivity index (χ2n) is 4.85. The Hall–Kier alpha value is -0.0600. The molecule has 0 bridgehead atoms. The lowest BCUT2D eigenvalue weighted by Gasteiger charge is -2.14. The van der Waals surface area contributed by atoms with Crippen LogP contribution in [-0.4, -0.2) is 0 Å². The summed E-state index contributed by atoms with van der Waals surface area (Å²) in [6, 6.07) is 14.8. The van der Waals surface area contributed by atoms with Gasteiger partial charge < -0.3 is 0 Å². The number of alkyl halides is 1. The fourth-order valence-electron chi connectivity index (χ4n) is 1.94. The van der Waals surface area contributed by atoms with Gasteiger partial charge in [-0.3, -0.25) is 0 Å². The molecule has 0 saturated heterocycles. The molecule has 1 atom stereocenters. The zero-order valence-corrected chi connectivity index (χ0v) is 15.3. The van der Waals surface area contributed by atoms with E-state index in [2.05, 4.69) is 94.8 Å². The van der Waals surface area contributed by atoms with Gasteiger partial charge in [-0.1, -0.05) is 54.0 Å². The van der Waals surface area contributed by atoms with E-state index in [-0.39, 0.29) is 5.38 Å². The fraction of sp³-hybridized carbons (Fsp3) is 0.250. The molecule has 0 aliphatic heterocycles. The lowest BCUT2D eigenvalue weighted by atomic mass is 9.98. The first kappa shape index (κ1) is 15.3. The molecule has 2 aromatic carbocycles. The van der Waals surface area contributed by atoms with E-state index in [9.17, 15) is 0 Å². The SMILES string of the molecule is CC(C)c1ccc(C(Cl)c2cc(I)ccc2Br)cc1. The van der Waals surface area contributed by atoms with Crippen LogP contribution in [0.5, 0.6) is 0 Å². The first-order chi connectivity index (χ1) is 8.99. The van der Waals surface area contributed by atoms with Crippen LogP contribution in [0.25, 0.3) is 0 Å². The number of halogens is 3. The Balaban J connectivity index is 2.33. The van der Waals surface area contributed by atoms with Gasteiger partial charge in [0.25, 0.3) is 0 Å². The summed E-state index contributed by atoms with van der Waals surface area (Å²) in [4.78, 5) is 0. The highest BCUT2D eigenvalue weighted by atomic mass is 127. The normalized spacial score (nSPS) is 12.7. The third-order valence-electron chi connectivity index (χ3n) is 3.13. The van der Waals surface area contributed by atoms with Gasteiger partial charge in [-0.05, 0) is 63.4 Å². The lowest BCUT2D eigenvalue weighted by molar-refractivity contribution is 0.865. The maximum Gasteiger partial charge on any atom is 0.0846 e. The van der Waals surface area contributed by atoms with Crippen molar-refractivity contribution in [2.75, 3.05) is 0 Å². The second-order valence-corrected chi connectivity index (χ2v) is 7.39. The molecule has 0 aliphatic rings. The van der Waals surface area contributed by atoms with E-state index in [1.807, 2.05) is 0 Å². The maximum atomic E-state index is 6.61. The van der Waals surface area contributed by atoms with Gasteiger partial charge in [-0.15, -0.1) is 11.6 Å². The predicted octanol–water partition coefficient (Wildman–Crippen LogP) is 6.51. The third kappa shape index (κ3) is 3.73. The van der Waals surface area contributed by atoms with Gasteiger partial charge in [-0.25, -0.2) is 0 Å². The quantitative estimate of drug-likeness (QED) is 0.370. The van der Waals surface area contributed by atoms with Crippen LogP contribution in [0.2, 0.25) is 0 Å². The van der Waals surface area contributed by atoms with Crippen LogP contribution in [0.4, 0.5) is 0 Å². The van der Waals surface area contributed by atoms with E-state index < -0.39 is 0 Å². The molecule has 0 aromatic heterocycles. The molecule has 0 amide bonds. The van der Waals surface area contributed by atoms with Crippen LogP contribution >= 0.6 is 50.1 Å². The van der Waals surface area contributed by atoms with E-state index in [1.54, 1.807) is 0 Å². The van der Waals surface area contributed by atoms with Gasteiger partial charge in [0.2, 0.25) is 0 Å². The Labute approximate surface area is 141 Å². The van der Waals surface area contributed by atoms with Gasteiger partial charge in [0.15, 0.2) is 0 Å². The van der Waals surface area contributed by atoms with Crippen LogP contribution in [-0.2, 0) is 0 Å². The zero-order chi connectivity index (χ0) is 14.0. The Morgan fingerprint density at radius 1 is 1.00 bits per heavy atom. The van der Waals surface area contributed by atoms with Crippen LogP contribution < -0.4 is 0 Å². The topological polar surface area (TPSA) is 0 Å². The summed E-state index contributed by atoms with van der Waals surface area (Å²) in [6.45, 7) is 4.40. The lowest BCUT2D eigenvalue weighted by Crippen LogP contribution is -1.96. The standard InChI is InChI=1S/C16H15BrClI/c1-10(2)11-3-5-12(6-4-11)16(18)14-9-13(19)7-8-15(14)17/h3-10,16H,1-2H3. The molecule has 0 N–H and O–H groups in total. The highest BCUT2D eigenvalue weighted by molar-refractivity contribution is 14.1. The van der Waals surface area contributed by atoms with Crippen molar-refractivity contribution in [1.29, 1.82) is 0 Å². The maximum absolute atomic E-state index is 6.61. The zero-order valence-electron chi connectivity index (χ0n) is 10.8. The average Bonchev–Trinajstić information content (AvgIpc) is 2.41. The first-order valence-electron chi connectivity index (χ1n) is 6.18. The highest BCUT2D eigenvalue weighted by Gasteiger charge is 2.14. The average molecular weight is 450 g/mol. The van der Waals surface area contributed by atoms with Crippen LogP contribution in [0.15, 0.2) is 46.9 Å². The van der Waals surface area contributed by atoms with Crippen molar-refractivity contribution in [3.05, 3.63) is 67.2 Å². The molecule has 0 saturated carbocycles. The van der Waals surface area contributed by atoms with E-state index in [0.717, 1.165) is 15.6 Å². The summed E-state index contributed by atoms with van der Waals surface area (Å²) >= 11 is 12.5. The molecule has 100 valence electrons. The number of hydrogen-bond donors (Lipinski definition) is 0. The van der Waals surface area contributed by atoms with Gasteiger partial charge in [0.1, 0.15) is 0 Å². The van der Waals surface area contributed by atoms with E-state index >= 15 is 0 Å². The summed E-state index contributed by atoms with van der Waals surface area (Å²) in [5, 5.41) is -0.120.